The minimum atomic E-state index is -0.510. The van der Waals surface area contributed by atoms with Crippen LogP contribution in [-0.4, -0.2) is 32.9 Å². The zero-order valence-corrected chi connectivity index (χ0v) is 22.0. The average Bonchev–Trinajstić information content (AvgIpc) is 3.26. The summed E-state index contributed by atoms with van der Waals surface area (Å²) >= 11 is 4.24. The number of unbranched alkanes of at least 4 members (excludes halogenated alkanes) is 4. The molecule has 1 aromatic heterocycles. The van der Waals surface area contributed by atoms with E-state index < -0.39 is 11.7 Å². The Morgan fingerprint density at radius 1 is 0.938 bits per heavy atom. The Bertz CT molecular complexity index is 759. The highest BCUT2D eigenvalue weighted by Gasteiger charge is 2.37. The van der Waals surface area contributed by atoms with Gasteiger partial charge >= 0.3 is 0 Å². The fraction of sp³-hybridized carbons (Fsp3) is 0.769. The highest BCUT2D eigenvalue weighted by Crippen LogP contribution is 2.49. The van der Waals surface area contributed by atoms with Crippen LogP contribution >= 0.6 is 23.5 Å². The summed E-state index contributed by atoms with van der Waals surface area (Å²) in [7, 11) is 0. The van der Waals surface area contributed by atoms with E-state index in [0.29, 0.717) is 27.1 Å². The molecule has 32 heavy (non-hydrogen) atoms. The lowest BCUT2D eigenvalue weighted by atomic mass is 10.0. The maximum absolute atomic E-state index is 12.1. The quantitative estimate of drug-likeness (QED) is 0.226. The van der Waals surface area contributed by atoms with Crippen molar-refractivity contribution in [2.45, 2.75) is 108 Å². The second-order valence-electron chi connectivity index (χ2n) is 10.4. The molecule has 0 aliphatic carbocycles. The van der Waals surface area contributed by atoms with E-state index in [1.54, 1.807) is 0 Å². The number of carbonyl (C=O) groups excluding carboxylic acids is 2. The van der Waals surface area contributed by atoms with Gasteiger partial charge in [-0.05, 0) is 30.7 Å². The van der Waals surface area contributed by atoms with Crippen LogP contribution in [0.2, 0.25) is 0 Å². The topological polar surface area (TPSA) is 62.0 Å². The van der Waals surface area contributed by atoms with E-state index in [0.717, 1.165) is 17.5 Å². The molecule has 0 radical (unpaired) electrons. The Morgan fingerprint density at radius 2 is 1.59 bits per heavy atom. The van der Waals surface area contributed by atoms with Crippen molar-refractivity contribution in [1.29, 1.82) is 0 Å². The normalized spacial score (nSPS) is 23.2. The summed E-state index contributed by atoms with van der Waals surface area (Å²) in [5, 5.41) is 4.34. The Balaban J connectivity index is 1.58. The van der Waals surface area contributed by atoms with Crippen molar-refractivity contribution in [2.75, 3.05) is 11.1 Å². The van der Waals surface area contributed by atoms with Crippen LogP contribution in [0.4, 0.5) is 5.69 Å². The summed E-state index contributed by atoms with van der Waals surface area (Å²) in [5.74, 6) is 1.89. The van der Waals surface area contributed by atoms with E-state index in [-0.39, 0.29) is 0 Å². The van der Waals surface area contributed by atoms with Gasteiger partial charge in [-0.15, -0.1) is 11.8 Å². The highest BCUT2D eigenvalue weighted by molar-refractivity contribution is 8.07. The van der Waals surface area contributed by atoms with Gasteiger partial charge in [0.25, 0.3) is 11.7 Å². The van der Waals surface area contributed by atoms with Gasteiger partial charge in [0.2, 0.25) is 0 Å². The fourth-order valence-electron chi connectivity index (χ4n) is 4.69. The number of thioether (sulfide) groups is 2. The third-order valence-electron chi connectivity index (χ3n) is 6.58. The first-order valence-corrected chi connectivity index (χ1v) is 14.7. The van der Waals surface area contributed by atoms with E-state index in [1.165, 1.54) is 70.0 Å². The third-order valence-corrected chi connectivity index (χ3v) is 10.2. The lowest BCUT2D eigenvalue weighted by Gasteiger charge is -2.35. The second-order valence-corrected chi connectivity index (χ2v) is 13.1. The number of anilines is 1. The van der Waals surface area contributed by atoms with Crippen LogP contribution in [0.25, 0.3) is 0 Å². The largest absolute Gasteiger partial charge is 0.353 e. The Morgan fingerprint density at radius 3 is 2.22 bits per heavy atom. The van der Waals surface area contributed by atoms with Gasteiger partial charge in [0.1, 0.15) is 5.69 Å². The van der Waals surface area contributed by atoms with Gasteiger partial charge in [0, 0.05) is 21.9 Å². The molecule has 6 heteroatoms. The molecule has 2 N–H and O–H groups in total. The number of H-pyrrole nitrogens is 1. The molecule has 1 aromatic rings. The number of hydrogen-bond donors (Lipinski definition) is 2. The SMILES string of the molecule is CC(C)CCCCCC1CSC(CCCCCC(C)C)C(c2cc3c([nH]2)C(=O)C(=O)N3)S1. The van der Waals surface area contributed by atoms with Crippen molar-refractivity contribution < 1.29 is 9.59 Å². The maximum atomic E-state index is 12.1. The minimum absolute atomic E-state index is 0.370. The standard InChI is InChI=1S/C26H42N2O2S2/c1-17(2)11-7-5-9-13-19-16-31-22(14-10-6-8-12-18(3)4)25(32-19)21-15-20-23(27-21)24(29)26(30)28-20/h15,17-19,22,25,27H,5-14,16H2,1-4H3,(H,28,29,30). The number of ketones is 1. The molecule has 3 heterocycles. The number of Topliss-reactive ketones (excluding diaryl/α,β-unsaturated/α-hetero) is 1. The Hall–Kier alpha value is -0.880. The van der Waals surface area contributed by atoms with Crippen molar-refractivity contribution >= 4 is 40.9 Å². The van der Waals surface area contributed by atoms with Crippen molar-refractivity contribution in [3.8, 4) is 0 Å². The molecular weight excluding hydrogens is 436 g/mol. The molecule has 0 bridgehead atoms. The minimum Gasteiger partial charge on any atom is -0.353 e. The number of nitrogens with one attached hydrogen (secondary N) is 2. The van der Waals surface area contributed by atoms with Crippen LogP contribution in [0.5, 0.6) is 0 Å². The molecule has 1 saturated heterocycles. The monoisotopic (exact) mass is 478 g/mol. The van der Waals surface area contributed by atoms with Gasteiger partial charge in [0.15, 0.2) is 0 Å². The molecule has 0 aromatic carbocycles. The zero-order chi connectivity index (χ0) is 23.1. The highest BCUT2D eigenvalue weighted by atomic mass is 32.2. The first-order valence-electron chi connectivity index (χ1n) is 12.7. The van der Waals surface area contributed by atoms with Gasteiger partial charge in [0.05, 0.1) is 10.9 Å². The fourth-order valence-corrected chi connectivity index (χ4v) is 8.25. The number of hydrogen-bond acceptors (Lipinski definition) is 4. The van der Waals surface area contributed by atoms with Gasteiger partial charge in [-0.3, -0.25) is 9.59 Å². The molecule has 3 atom stereocenters. The van der Waals surface area contributed by atoms with Gasteiger partial charge < -0.3 is 10.3 Å². The van der Waals surface area contributed by atoms with Crippen molar-refractivity contribution in [2.24, 2.45) is 11.8 Å². The third kappa shape index (κ3) is 7.31. The molecule has 3 unspecified atom stereocenters. The molecule has 1 amide bonds. The first-order chi connectivity index (χ1) is 15.3. The summed E-state index contributed by atoms with van der Waals surface area (Å²) in [6.45, 7) is 9.22. The first kappa shape index (κ1) is 25.7. The summed E-state index contributed by atoms with van der Waals surface area (Å²) in [6, 6.07) is 2.02. The molecular formula is C26H42N2O2S2. The maximum Gasteiger partial charge on any atom is 0.298 e. The van der Waals surface area contributed by atoms with Crippen LogP contribution in [0.3, 0.4) is 0 Å². The lowest BCUT2D eigenvalue weighted by Crippen LogP contribution is -2.26. The Labute approximate surface area is 203 Å². The van der Waals surface area contributed by atoms with Crippen LogP contribution < -0.4 is 5.32 Å². The summed E-state index contributed by atoms with van der Waals surface area (Å²) in [5.41, 5.74) is 2.26. The molecule has 0 spiro atoms. The van der Waals surface area contributed by atoms with Crippen LogP contribution in [-0.2, 0) is 4.79 Å². The predicted octanol–water partition coefficient (Wildman–Crippen LogP) is 7.62. The molecule has 3 rings (SSSR count). The molecule has 1 fully saturated rings. The number of fused-ring (bicyclic) bond motifs is 1. The number of carbonyl (C=O) groups is 2. The lowest BCUT2D eigenvalue weighted by molar-refractivity contribution is -0.112. The summed E-state index contributed by atoms with van der Waals surface area (Å²) < 4.78 is 0. The van der Waals surface area contributed by atoms with E-state index in [1.807, 2.05) is 6.07 Å². The van der Waals surface area contributed by atoms with Crippen LogP contribution in [0.15, 0.2) is 6.07 Å². The van der Waals surface area contributed by atoms with E-state index >= 15 is 0 Å². The van der Waals surface area contributed by atoms with Crippen molar-refractivity contribution in [3.63, 3.8) is 0 Å². The predicted molar refractivity (Wildman–Crippen MR) is 140 cm³/mol. The molecule has 0 saturated carbocycles. The number of aromatic nitrogens is 1. The molecule has 2 aliphatic heterocycles. The number of rotatable bonds is 13. The van der Waals surface area contributed by atoms with E-state index in [2.05, 4.69) is 61.5 Å². The Kier molecular flexibility index (Phi) is 10.1. The second kappa shape index (κ2) is 12.5. The van der Waals surface area contributed by atoms with Gasteiger partial charge in [-0.1, -0.05) is 79.1 Å². The number of aromatic amines is 1. The van der Waals surface area contributed by atoms with E-state index in [9.17, 15) is 9.59 Å². The van der Waals surface area contributed by atoms with Gasteiger partial charge in [-0.25, -0.2) is 0 Å². The summed E-state index contributed by atoms with van der Waals surface area (Å²) in [4.78, 5) is 27.1. The summed E-state index contributed by atoms with van der Waals surface area (Å²) in [6.07, 6.45) is 13.1. The number of amides is 1. The van der Waals surface area contributed by atoms with E-state index in [4.69, 9.17) is 0 Å². The zero-order valence-electron chi connectivity index (χ0n) is 20.4. The molecule has 2 aliphatic rings. The molecule has 4 nitrogen and oxygen atoms in total. The van der Waals surface area contributed by atoms with Crippen LogP contribution in [0.1, 0.15) is 113 Å². The average molecular weight is 479 g/mol. The van der Waals surface area contributed by atoms with Crippen LogP contribution in [0, 0.1) is 11.8 Å². The van der Waals surface area contributed by atoms with Gasteiger partial charge in [-0.2, -0.15) is 11.8 Å². The smallest absolute Gasteiger partial charge is 0.298 e. The molecule has 180 valence electrons. The van der Waals surface area contributed by atoms with Crippen molar-refractivity contribution in [1.82, 2.24) is 4.98 Å². The van der Waals surface area contributed by atoms with Crippen molar-refractivity contribution in [3.05, 3.63) is 17.5 Å².